The van der Waals surface area contributed by atoms with Gasteiger partial charge < -0.3 is 20.1 Å². The van der Waals surface area contributed by atoms with Crippen molar-refractivity contribution >= 4 is 27.8 Å². The van der Waals surface area contributed by atoms with E-state index in [2.05, 4.69) is 5.32 Å². The van der Waals surface area contributed by atoms with E-state index in [1.54, 1.807) is 47.4 Å². The average molecular weight is 739 g/mol. The Kier molecular flexibility index (Phi) is 11.3. The van der Waals surface area contributed by atoms with Crippen LogP contribution in [0.25, 0.3) is 6.08 Å². The van der Waals surface area contributed by atoms with Crippen LogP contribution in [0.15, 0.2) is 58.6 Å². The molecule has 0 saturated carbocycles. The molecule has 0 bridgehead atoms. The molecular weight excluding hydrogens is 695 g/mol. The number of piperidine rings is 2. The van der Waals surface area contributed by atoms with E-state index in [0.717, 1.165) is 16.8 Å². The topological polar surface area (TPSA) is 112 Å². The smallest absolute Gasteiger partial charge is 0.453 e. The number of carbonyl (C=O) groups is 1. The van der Waals surface area contributed by atoms with Crippen molar-refractivity contribution in [2.75, 3.05) is 32.8 Å². The molecule has 9 nitrogen and oxygen atoms in total. The number of carbonyl (C=O) groups excluding carboxylic acids is 1. The summed E-state index contributed by atoms with van der Waals surface area (Å²) in [6.07, 6.45) is -2.51. The fourth-order valence-corrected chi connectivity index (χ4v) is 7.90. The van der Waals surface area contributed by atoms with E-state index in [-0.39, 0.29) is 37.5 Å². The zero-order valence-corrected chi connectivity index (χ0v) is 29.6. The minimum atomic E-state index is -5.61. The molecule has 0 aliphatic carbocycles. The van der Waals surface area contributed by atoms with Gasteiger partial charge in [0.2, 0.25) is 10.0 Å². The first-order valence-electron chi connectivity index (χ1n) is 16.9. The van der Waals surface area contributed by atoms with Crippen LogP contribution >= 0.6 is 0 Å². The first kappa shape index (κ1) is 38.4. The van der Waals surface area contributed by atoms with Crippen molar-refractivity contribution in [2.45, 2.75) is 83.0 Å². The van der Waals surface area contributed by atoms with Crippen LogP contribution in [0.2, 0.25) is 0 Å². The zero-order valence-electron chi connectivity index (χ0n) is 28.8. The zero-order chi connectivity index (χ0) is 37.2. The quantitative estimate of drug-likeness (QED) is 0.217. The Morgan fingerprint density at radius 1 is 1.06 bits per heavy atom. The standard InChI is InChI=1S/C36H43F5N4O5S/c1-4-31-34(43-32(42-31)26-7-5-8-29(23-26)50-19-6-12-35(37,38)36(39,40)41)13-17-45(18-14-34)51(48,49)20-11-30-24(2)21-27(22-25(30)3)33(47)44-15-9-28(46)10-16-44/h4-5,7-8,11,20-23,28,46H,6,9-10,12-19H2,1-3H3,(H,42,43)/b20-11+,31-4?. The van der Waals surface area contributed by atoms with Crippen molar-refractivity contribution in [2.24, 2.45) is 4.99 Å². The van der Waals surface area contributed by atoms with Gasteiger partial charge in [-0.3, -0.25) is 9.79 Å². The molecular formula is C36H43F5N4O5S. The van der Waals surface area contributed by atoms with Crippen LogP contribution in [-0.2, 0) is 10.0 Å². The number of hydrogen-bond donors (Lipinski definition) is 2. The van der Waals surface area contributed by atoms with Crippen LogP contribution in [0.3, 0.4) is 0 Å². The van der Waals surface area contributed by atoms with Crippen LogP contribution in [0.1, 0.15) is 78.1 Å². The lowest BCUT2D eigenvalue weighted by atomic mass is 9.86. The Morgan fingerprint density at radius 2 is 1.71 bits per heavy atom. The molecule has 5 rings (SSSR count). The van der Waals surface area contributed by atoms with E-state index in [9.17, 15) is 40.3 Å². The molecule has 3 aliphatic heterocycles. The number of likely N-dealkylation sites (tertiary alicyclic amines) is 1. The van der Waals surface area contributed by atoms with Gasteiger partial charge in [0.1, 0.15) is 17.1 Å². The van der Waals surface area contributed by atoms with Gasteiger partial charge in [-0.15, -0.1) is 0 Å². The van der Waals surface area contributed by atoms with Crippen LogP contribution in [0.5, 0.6) is 5.75 Å². The summed E-state index contributed by atoms with van der Waals surface area (Å²) in [4.78, 5) is 19.8. The number of alkyl halides is 5. The second-order valence-electron chi connectivity index (χ2n) is 13.3. The number of aryl methyl sites for hydroxylation is 2. The number of aliphatic imine (C=N–C) groups is 1. The molecule has 1 amide bonds. The van der Waals surface area contributed by atoms with Crippen LogP contribution in [0, 0.1) is 13.8 Å². The molecule has 278 valence electrons. The molecule has 2 aromatic rings. The molecule has 3 heterocycles. The third kappa shape index (κ3) is 8.63. The van der Waals surface area contributed by atoms with Gasteiger partial charge in [0.25, 0.3) is 5.91 Å². The number of nitrogens with zero attached hydrogens (tertiary/aromatic N) is 3. The third-order valence-electron chi connectivity index (χ3n) is 9.70. The first-order chi connectivity index (χ1) is 23.9. The number of rotatable bonds is 10. The number of benzene rings is 2. The van der Waals surface area contributed by atoms with Crippen molar-refractivity contribution in [1.29, 1.82) is 0 Å². The molecule has 0 radical (unpaired) electrons. The lowest BCUT2D eigenvalue weighted by Gasteiger charge is -2.36. The predicted molar refractivity (Wildman–Crippen MR) is 184 cm³/mol. The highest BCUT2D eigenvalue weighted by atomic mass is 32.2. The summed E-state index contributed by atoms with van der Waals surface area (Å²) in [5, 5.41) is 14.3. The Hall–Kier alpha value is -3.82. The minimum absolute atomic E-state index is 0.111. The minimum Gasteiger partial charge on any atom is -0.494 e. The van der Waals surface area contributed by atoms with Crippen LogP contribution in [-0.4, -0.2) is 91.0 Å². The lowest BCUT2D eigenvalue weighted by Crippen LogP contribution is -2.46. The maximum atomic E-state index is 13.5. The van der Waals surface area contributed by atoms with E-state index in [1.165, 1.54) is 9.71 Å². The number of hydrogen-bond acceptors (Lipinski definition) is 7. The summed E-state index contributed by atoms with van der Waals surface area (Å²) in [5.41, 5.74) is 3.53. The van der Waals surface area contributed by atoms with Gasteiger partial charge >= 0.3 is 12.1 Å². The summed E-state index contributed by atoms with van der Waals surface area (Å²) in [6, 6.07) is 10.1. The molecule has 15 heteroatoms. The van der Waals surface area contributed by atoms with Gasteiger partial charge in [-0.25, -0.2) is 8.42 Å². The largest absolute Gasteiger partial charge is 0.494 e. The molecule has 0 unspecified atom stereocenters. The fourth-order valence-electron chi connectivity index (χ4n) is 6.73. The SMILES string of the molecule is CC=C1NC(c2cccc(OCCCC(F)(F)C(F)(F)F)c2)=NC12CCN(S(=O)(=O)/C=C/c1c(C)cc(C(=O)N3CCC(O)CC3)cc1C)CC2. The van der Waals surface area contributed by atoms with Crippen LogP contribution < -0.4 is 10.1 Å². The van der Waals surface area contributed by atoms with Crippen molar-refractivity contribution in [3.8, 4) is 5.75 Å². The number of allylic oxidation sites excluding steroid dienone is 1. The van der Waals surface area contributed by atoms with E-state index in [4.69, 9.17) is 9.73 Å². The molecule has 0 atom stereocenters. The maximum absolute atomic E-state index is 13.5. The van der Waals surface area contributed by atoms with E-state index >= 15 is 0 Å². The van der Waals surface area contributed by atoms with E-state index < -0.39 is 40.5 Å². The van der Waals surface area contributed by atoms with Gasteiger partial charge in [0.05, 0.1) is 12.7 Å². The number of sulfonamides is 1. The fraction of sp³-hybridized carbons (Fsp3) is 0.500. The summed E-state index contributed by atoms with van der Waals surface area (Å²) < 4.78 is 97.6. The lowest BCUT2D eigenvalue weighted by molar-refractivity contribution is -0.284. The van der Waals surface area contributed by atoms with Crippen molar-refractivity contribution in [3.63, 3.8) is 0 Å². The Labute approximate surface area is 294 Å². The number of amides is 1. The van der Waals surface area contributed by atoms with E-state index in [0.29, 0.717) is 61.3 Å². The third-order valence-corrected chi connectivity index (χ3v) is 11.3. The highest BCUT2D eigenvalue weighted by Gasteiger charge is 2.56. The highest BCUT2D eigenvalue weighted by Crippen LogP contribution is 2.40. The molecule has 2 saturated heterocycles. The molecule has 0 aromatic heterocycles. The molecule has 2 N–H and O–H groups in total. The summed E-state index contributed by atoms with van der Waals surface area (Å²) in [6.45, 7) is 6.60. The number of amidine groups is 1. The summed E-state index contributed by atoms with van der Waals surface area (Å²) in [5.74, 6) is -4.09. The Balaban J connectivity index is 1.22. The van der Waals surface area contributed by atoms with Gasteiger partial charge in [0.15, 0.2) is 0 Å². The molecule has 51 heavy (non-hydrogen) atoms. The normalized spacial score (nSPS) is 19.9. The Morgan fingerprint density at radius 3 is 2.31 bits per heavy atom. The molecule has 2 aromatic carbocycles. The van der Waals surface area contributed by atoms with Crippen molar-refractivity contribution < 1.29 is 45.0 Å². The Bertz CT molecular complexity index is 1790. The van der Waals surface area contributed by atoms with Gasteiger partial charge in [0, 0.05) is 54.8 Å². The number of halogens is 5. The van der Waals surface area contributed by atoms with Crippen LogP contribution in [0.4, 0.5) is 22.0 Å². The average Bonchev–Trinajstić information content (AvgIpc) is 3.43. The second kappa shape index (κ2) is 15.0. The maximum Gasteiger partial charge on any atom is 0.453 e. The molecule has 3 aliphatic rings. The number of aliphatic hydroxyl groups excluding tert-OH is 1. The molecule has 2 fully saturated rings. The summed E-state index contributed by atoms with van der Waals surface area (Å²) in [7, 11) is -3.79. The van der Waals surface area contributed by atoms with Gasteiger partial charge in [-0.2, -0.15) is 26.3 Å². The number of ether oxygens (including phenoxy) is 1. The summed E-state index contributed by atoms with van der Waals surface area (Å²) >= 11 is 0. The van der Waals surface area contributed by atoms with E-state index in [1.807, 2.05) is 26.8 Å². The van der Waals surface area contributed by atoms with Gasteiger partial charge in [-0.1, -0.05) is 18.2 Å². The predicted octanol–water partition coefficient (Wildman–Crippen LogP) is 6.35. The monoisotopic (exact) mass is 738 g/mol. The molecule has 1 spiro atoms. The first-order valence-corrected chi connectivity index (χ1v) is 18.4. The number of aliphatic hydroxyl groups is 1. The highest BCUT2D eigenvalue weighted by molar-refractivity contribution is 7.92. The number of nitrogens with one attached hydrogen (secondary N) is 1. The second-order valence-corrected chi connectivity index (χ2v) is 15.1. The van der Waals surface area contributed by atoms with Crippen molar-refractivity contribution in [1.82, 2.24) is 14.5 Å². The van der Waals surface area contributed by atoms with Crippen molar-refractivity contribution in [3.05, 3.63) is 81.4 Å². The van der Waals surface area contributed by atoms with Gasteiger partial charge in [-0.05, 0) is 99.9 Å².